The molecule has 36 heavy (non-hydrogen) atoms. The lowest BCUT2D eigenvalue weighted by Crippen LogP contribution is -2.60. The molecule has 2 unspecified atom stereocenters. The average Bonchev–Trinajstić information content (AvgIpc) is 3.08. The van der Waals surface area contributed by atoms with Crippen molar-refractivity contribution >= 4 is 24.5 Å². The lowest BCUT2D eigenvalue weighted by atomic mass is 9.79. The number of ketones is 1. The summed E-state index contributed by atoms with van der Waals surface area (Å²) in [5.74, 6) is -0.234. The number of nitrogens with zero attached hydrogens (tertiary/aromatic N) is 2. The van der Waals surface area contributed by atoms with E-state index in [0.717, 1.165) is 11.0 Å². The van der Waals surface area contributed by atoms with E-state index in [9.17, 15) is 9.59 Å². The largest absolute Gasteiger partial charge is 0.496 e. The summed E-state index contributed by atoms with van der Waals surface area (Å²) in [7, 11) is -0.520. The van der Waals surface area contributed by atoms with Gasteiger partial charge in [-0.3, -0.25) is 14.7 Å². The maximum absolute atomic E-state index is 13.4. The fourth-order valence-electron chi connectivity index (χ4n) is 5.10. The van der Waals surface area contributed by atoms with Crippen molar-refractivity contribution in [1.29, 1.82) is 0 Å². The van der Waals surface area contributed by atoms with Crippen LogP contribution < -0.4 is 5.46 Å². The SMILES string of the molecule is CC1(C)OB(c2ccc(C(=O)C3CC4COCC(C3)N4C(=O)OCc3ccccc3)nc2)OC1(C)C. The molecule has 2 bridgehead atoms. The number of carbonyl (C=O) groups excluding carboxylic acids is 2. The Hall–Kier alpha value is -2.75. The Morgan fingerprint density at radius 3 is 2.22 bits per heavy atom. The number of hydrogen-bond donors (Lipinski definition) is 0. The molecule has 3 saturated heterocycles. The zero-order valence-electron chi connectivity index (χ0n) is 21.3. The zero-order chi connectivity index (χ0) is 25.5. The summed E-state index contributed by atoms with van der Waals surface area (Å²) in [5.41, 5.74) is 1.25. The van der Waals surface area contributed by atoms with Crippen molar-refractivity contribution < 1.29 is 28.4 Å². The first kappa shape index (κ1) is 24.9. The summed E-state index contributed by atoms with van der Waals surface area (Å²) in [4.78, 5) is 32.5. The molecule has 0 saturated carbocycles. The van der Waals surface area contributed by atoms with Crippen molar-refractivity contribution in [2.75, 3.05) is 13.2 Å². The molecular formula is C27H33BN2O6. The van der Waals surface area contributed by atoms with Crippen LogP contribution in [-0.4, -0.2) is 65.4 Å². The van der Waals surface area contributed by atoms with Gasteiger partial charge in [-0.15, -0.1) is 0 Å². The van der Waals surface area contributed by atoms with E-state index in [1.54, 1.807) is 17.2 Å². The molecule has 4 heterocycles. The summed E-state index contributed by atoms with van der Waals surface area (Å²) in [5, 5.41) is 0. The fourth-order valence-corrected chi connectivity index (χ4v) is 5.10. The number of fused-ring (bicyclic) bond motifs is 2. The topological polar surface area (TPSA) is 87.2 Å². The van der Waals surface area contributed by atoms with Crippen LogP contribution >= 0.6 is 0 Å². The van der Waals surface area contributed by atoms with E-state index in [4.69, 9.17) is 18.8 Å². The maximum atomic E-state index is 13.4. The van der Waals surface area contributed by atoms with Gasteiger partial charge < -0.3 is 18.8 Å². The van der Waals surface area contributed by atoms with Crippen molar-refractivity contribution in [1.82, 2.24) is 9.88 Å². The minimum Gasteiger partial charge on any atom is -0.445 e. The van der Waals surface area contributed by atoms with Gasteiger partial charge in [0.1, 0.15) is 12.3 Å². The van der Waals surface area contributed by atoms with Gasteiger partial charge in [0.2, 0.25) is 0 Å². The lowest BCUT2D eigenvalue weighted by molar-refractivity contribution is -0.0755. The second-order valence-electron chi connectivity index (χ2n) is 10.9. The van der Waals surface area contributed by atoms with E-state index >= 15 is 0 Å². The predicted octanol–water partition coefficient (Wildman–Crippen LogP) is 3.38. The van der Waals surface area contributed by atoms with Crippen LogP contribution in [0.1, 0.15) is 56.6 Å². The van der Waals surface area contributed by atoms with Crippen LogP contribution in [0, 0.1) is 5.92 Å². The highest BCUT2D eigenvalue weighted by molar-refractivity contribution is 6.62. The van der Waals surface area contributed by atoms with E-state index in [1.807, 2.05) is 64.1 Å². The van der Waals surface area contributed by atoms with Crippen molar-refractivity contribution in [3.63, 3.8) is 0 Å². The van der Waals surface area contributed by atoms with Crippen LogP contribution in [-0.2, 0) is 25.4 Å². The highest BCUT2D eigenvalue weighted by Crippen LogP contribution is 2.37. The summed E-state index contributed by atoms with van der Waals surface area (Å²) in [6.45, 7) is 9.03. The Morgan fingerprint density at radius 2 is 1.64 bits per heavy atom. The van der Waals surface area contributed by atoms with E-state index in [0.29, 0.717) is 31.7 Å². The molecule has 8 nitrogen and oxygen atoms in total. The van der Waals surface area contributed by atoms with Gasteiger partial charge in [-0.2, -0.15) is 0 Å². The number of amides is 1. The van der Waals surface area contributed by atoms with Crippen LogP contribution in [0.15, 0.2) is 48.7 Å². The molecule has 0 aliphatic carbocycles. The number of piperidine rings is 1. The second-order valence-corrected chi connectivity index (χ2v) is 10.9. The Labute approximate surface area is 212 Å². The predicted molar refractivity (Wildman–Crippen MR) is 134 cm³/mol. The molecule has 0 radical (unpaired) electrons. The molecule has 1 aromatic carbocycles. The van der Waals surface area contributed by atoms with Crippen molar-refractivity contribution in [2.45, 2.75) is 70.4 Å². The molecule has 2 aromatic rings. The quantitative estimate of drug-likeness (QED) is 0.467. The number of rotatable bonds is 5. The first-order valence-corrected chi connectivity index (χ1v) is 12.6. The Balaban J connectivity index is 1.22. The molecule has 190 valence electrons. The van der Waals surface area contributed by atoms with Gasteiger partial charge >= 0.3 is 13.2 Å². The summed E-state index contributed by atoms with van der Waals surface area (Å²) < 4.78 is 23.5. The lowest BCUT2D eigenvalue weighted by Gasteiger charge is -2.47. The number of morpholine rings is 1. The highest BCUT2D eigenvalue weighted by atomic mass is 16.7. The van der Waals surface area contributed by atoms with Crippen molar-refractivity contribution in [2.24, 2.45) is 5.92 Å². The van der Waals surface area contributed by atoms with E-state index in [1.165, 1.54) is 0 Å². The summed E-state index contributed by atoms with van der Waals surface area (Å²) >= 11 is 0. The molecule has 9 heteroatoms. The number of ether oxygens (including phenoxy) is 2. The molecule has 1 amide bonds. The van der Waals surface area contributed by atoms with Gasteiger partial charge in [0.25, 0.3) is 0 Å². The van der Waals surface area contributed by atoms with Gasteiger partial charge in [-0.05, 0) is 52.2 Å². The molecule has 0 spiro atoms. The van der Waals surface area contributed by atoms with Gasteiger partial charge in [0.15, 0.2) is 5.78 Å². The molecule has 5 rings (SSSR count). The Bertz CT molecular complexity index is 1080. The second kappa shape index (κ2) is 9.61. The van der Waals surface area contributed by atoms with E-state index < -0.39 is 18.3 Å². The maximum Gasteiger partial charge on any atom is 0.496 e. The summed E-state index contributed by atoms with van der Waals surface area (Å²) in [6.07, 6.45) is 2.36. The third-order valence-corrected chi connectivity index (χ3v) is 7.87. The minimum atomic E-state index is -0.520. The highest BCUT2D eigenvalue weighted by Gasteiger charge is 2.52. The number of benzene rings is 1. The molecule has 3 aliphatic heterocycles. The number of pyridine rings is 1. The first-order chi connectivity index (χ1) is 17.1. The fraction of sp³-hybridized carbons (Fsp3) is 0.519. The van der Waals surface area contributed by atoms with Crippen molar-refractivity contribution in [3.05, 3.63) is 59.9 Å². The van der Waals surface area contributed by atoms with Crippen molar-refractivity contribution in [3.8, 4) is 0 Å². The standard InChI is InChI=1S/C27H33BN2O6/c1-26(2)27(3,4)36-28(35-26)20-10-11-23(29-14-20)24(31)19-12-21-16-33-17-22(13-19)30(21)25(32)34-15-18-8-6-5-7-9-18/h5-11,14,19,21-22H,12-13,15-17H2,1-4H3. The number of carbonyl (C=O) groups is 2. The average molecular weight is 492 g/mol. The molecule has 2 atom stereocenters. The normalized spacial score (nSPS) is 26.5. The third kappa shape index (κ3) is 4.79. The monoisotopic (exact) mass is 492 g/mol. The molecule has 3 fully saturated rings. The van der Waals surface area contributed by atoms with Crippen LogP contribution in [0.3, 0.4) is 0 Å². The third-order valence-electron chi connectivity index (χ3n) is 7.87. The van der Waals surface area contributed by atoms with Gasteiger partial charge in [0.05, 0.1) is 36.5 Å². The van der Waals surface area contributed by atoms with Crippen LogP contribution in [0.25, 0.3) is 0 Å². The number of Topliss-reactive ketones (excluding diaryl/α,β-unsaturated/α-hetero) is 1. The minimum absolute atomic E-state index is 0.00956. The van der Waals surface area contributed by atoms with Crippen LogP contribution in [0.5, 0.6) is 0 Å². The first-order valence-electron chi connectivity index (χ1n) is 12.6. The smallest absolute Gasteiger partial charge is 0.445 e. The number of hydrogen-bond acceptors (Lipinski definition) is 7. The van der Waals surface area contributed by atoms with Crippen LogP contribution in [0.4, 0.5) is 4.79 Å². The summed E-state index contributed by atoms with van der Waals surface area (Å²) in [6, 6.07) is 12.8. The Kier molecular flexibility index (Phi) is 6.66. The van der Waals surface area contributed by atoms with Gasteiger partial charge in [-0.25, -0.2) is 4.79 Å². The van der Waals surface area contributed by atoms with Crippen LogP contribution in [0.2, 0.25) is 0 Å². The Morgan fingerprint density at radius 1 is 1.00 bits per heavy atom. The van der Waals surface area contributed by atoms with Gasteiger partial charge in [-0.1, -0.05) is 36.4 Å². The molecule has 0 N–H and O–H groups in total. The molecule has 3 aliphatic rings. The number of aromatic nitrogens is 1. The van der Waals surface area contributed by atoms with E-state index in [-0.39, 0.29) is 36.5 Å². The molecule has 1 aromatic heterocycles. The molecular weight excluding hydrogens is 459 g/mol. The van der Waals surface area contributed by atoms with Gasteiger partial charge in [0, 0.05) is 17.6 Å². The van der Waals surface area contributed by atoms with E-state index in [2.05, 4.69) is 4.98 Å². The zero-order valence-corrected chi connectivity index (χ0v) is 21.3.